The summed E-state index contributed by atoms with van der Waals surface area (Å²) >= 11 is 0. The van der Waals surface area contributed by atoms with Crippen molar-refractivity contribution in [1.82, 2.24) is 0 Å². The number of ketones is 1. The predicted molar refractivity (Wildman–Crippen MR) is 95.6 cm³/mol. The molecule has 1 aromatic rings. The van der Waals surface area contributed by atoms with E-state index in [1.165, 1.54) is 32.1 Å². The van der Waals surface area contributed by atoms with E-state index < -0.39 is 0 Å². The first-order valence-electron chi connectivity index (χ1n) is 8.24. The maximum atomic E-state index is 11.4. The summed E-state index contributed by atoms with van der Waals surface area (Å²) in [6, 6.07) is 7.43. The summed E-state index contributed by atoms with van der Waals surface area (Å²) in [5.74, 6) is 1.00. The molecule has 1 unspecified atom stereocenters. The average molecular weight is 310 g/mol. The van der Waals surface area contributed by atoms with Crippen LogP contribution >= 0.6 is 9.24 Å². The molecule has 0 spiro atoms. The summed E-state index contributed by atoms with van der Waals surface area (Å²) in [4.78, 5) is 11.4. The number of benzene rings is 1. The fourth-order valence-corrected chi connectivity index (χ4v) is 2.16. The van der Waals surface area contributed by atoms with Crippen molar-refractivity contribution in [2.24, 2.45) is 0 Å². The molecule has 1 rings (SSSR count). The Hall–Kier alpha value is -0.880. The lowest BCUT2D eigenvalue weighted by Crippen LogP contribution is -2.01. The average Bonchev–Trinajstić information content (AvgIpc) is 2.55. The SMILES string of the molecule is CC.CCCCCCCCOc1ccc(C(=O)CP)cc1. The molecule has 0 heterocycles. The van der Waals surface area contributed by atoms with E-state index in [-0.39, 0.29) is 5.78 Å². The molecule has 0 amide bonds. The first-order valence-corrected chi connectivity index (χ1v) is 9.05. The Morgan fingerprint density at radius 2 is 1.57 bits per heavy atom. The van der Waals surface area contributed by atoms with Crippen molar-refractivity contribution >= 4 is 15.0 Å². The van der Waals surface area contributed by atoms with Crippen LogP contribution in [0.25, 0.3) is 0 Å². The zero-order chi connectivity index (χ0) is 15.9. The maximum Gasteiger partial charge on any atom is 0.166 e. The lowest BCUT2D eigenvalue weighted by molar-refractivity contribution is 0.102. The summed E-state index contributed by atoms with van der Waals surface area (Å²) in [5, 5.41) is 0. The number of rotatable bonds is 10. The van der Waals surface area contributed by atoms with E-state index in [0.717, 1.165) is 24.3 Å². The Morgan fingerprint density at radius 1 is 1.00 bits per heavy atom. The number of ether oxygens (including phenoxy) is 1. The van der Waals surface area contributed by atoms with Crippen molar-refractivity contribution in [2.45, 2.75) is 59.3 Å². The van der Waals surface area contributed by atoms with Gasteiger partial charge in [0.05, 0.1) is 6.61 Å². The van der Waals surface area contributed by atoms with E-state index in [0.29, 0.717) is 6.16 Å². The van der Waals surface area contributed by atoms with Gasteiger partial charge in [-0.05, 0) is 30.7 Å². The van der Waals surface area contributed by atoms with Crippen LogP contribution in [0.3, 0.4) is 0 Å². The Morgan fingerprint density at radius 3 is 2.14 bits per heavy atom. The summed E-state index contributed by atoms with van der Waals surface area (Å²) in [7, 11) is 2.45. The van der Waals surface area contributed by atoms with Gasteiger partial charge in [0.15, 0.2) is 5.78 Å². The minimum atomic E-state index is 0.146. The second kappa shape index (κ2) is 14.1. The lowest BCUT2D eigenvalue weighted by Gasteiger charge is -2.06. The lowest BCUT2D eigenvalue weighted by atomic mass is 10.1. The number of unbranched alkanes of at least 4 members (excludes halogenated alkanes) is 5. The first-order chi connectivity index (χ1) is 10.3. The van der Waals surface area contributed by atoms with Crippen LogP contribution in [0.1, 0.15) is 69.7 Å². The Labute approximate surface area is 132 Å². The smallest absolute Gasteiger partial charge is 0.166 e. The van der Waals surface area contributed by atoms with Gasteiger partial charge >= 0.3 is 0 Å². The molecule has 0 aromatic heterocycles. The van der Waals surface area contributed by atoms with Crippen LogP contribution in [-0.2, 0) is 0 Å². The molecule has 21 heavy (non-hydrogen) atoms. The summed E-state index contributed by atoms with van der Waals surface area (Å²) < 4.78 is 5.66. The Balaban J connectivity index is 0.00000191. The Bertz CT molecular complexity index is 360. The molecular formula is C18H31O2P. The quantitative estimate of drug-likeness (QED) is 0.323. The molecule has 0 saturated heterocycles. The molecule has 1 atom stereocenters. The molecule has 0 saturated carbocycles. The standard InChI is InChI=1S/C16H25O2P.C2H6/c1-2-3-4-5-6-7-12-18-15-10-8-14(9-11-15)16(17)13-19;1-2/h8-11H,2-7,12-13,19H2,1H3;1-2H3. The van der Waals surface area contributed by atoms with E-state index in [1.54, 1.807) is 0 Å². The van der Waals surface area contributed by atoms with Crippen molar-refractivity contribution in [1.29, 1.82) is 0 Å². The molecule has 0 N–H and O–H groups in total. The van der Waals surface area contributed by atoms with Crippen molar-refractivity contribution in [3.63, 3.8) is 0 Å². The summed E-state index contributed by atoms with van der Waals surface area (Å²) in [6.07, 6.45) is 8.09. The minimum absolute atomic E-state index is 0.146. The zero-order valence-electron chi connectivity index (χ0n) is 13.9. The first kappa shape index (κ1) is 20.1. The number of hydrogen-bond donors (Lipinski definition) is 0. The van der Waals surface area contributed by atoms with Gasteiger partial charge in [-0.3, -0.25) is 4.79 Å². The van der Waals surface area contributed by atoms with Gasteiger partial charge < -0.3 is 4.74 Å². The fourth-order valence-electron chi connectivity index (χ4n) is 1.93. The van der Waals surface area contributed by atoms with Gasteiger partial charge in [-0.25, -0.2) is 0 Å². The molecular weight excluding hydrogens is 279 g/mol. The van der Waals surface area contributed by atoms with Crippen LogP contribution in [-0.4, -0.2) is 18.6 Å². The molecule has 0 aliphatic heterocycles. The molecule has 3 heteroatoms. The number of Topliss-reactive ketones (excluding diaryl/α,β-unsaturated/α-hetero) is 1. The van der Waals surface area contributed by atoms with Gasteiger partial charge in [-0.2, -0.15) is 0 Å². The van der Waals surface area contributed by atoms with Crippen LogP contribution in [0.2, 0.25) is 0 Å². The van der Waals surface area contributed by atoms with E-state index in [4.69, 9.17) is 4.74 Å². The topological polar surface area (TPSA) is 26.3 Å². The van der Waals surface area contributed by atoms with Crippen molar-refractivity contribution in [3.8, 4) is 5.75 Å². The predicted octanol–water partition coefficient (Wildman–Crippen LogP) is 5.51. The fraction of sp³-hybridized carbons (Fsp3) is 0.611. The molecule has 0 radical (unpaired) electrons. The number of carbonyl (C=O) groups excluding carboxylic acids is 1. The number of carbonyl (C=O) groups is 1. The minimum Gasteiger partial charge on any atom is -0.494 e. The summed E-state index contributed by atoms with van der Waals surface area (Å²) in [6.45, 7) is 7.00. The number of hydrogen-bond acceptors (Lipinski definition) is 2. The van der Waals surface area contributed by atoms with Crippen LogP contribution in [0, 0.1) is 0 Å². The summed E-state index contributed by atoms with van der Waals surface area (Å²) in [5.41, 5.74) is 0.752. The largest absolute Gasteiger partial charge is 0.494 e. The second-order valence-corrected chi connectivity index (χ2v) is 5.18. The van der Waals surface area contributed by atoms with Crippen molar-refractivity contribution in [2.75, 3.05) is 12.8 Å². The zero-order valence-corrected chi connectivity index (χ0v) is 15.0. The highest BCUT2D eigenvalue weighted by Gasteiger charge is 2.02. The van der Waals surface area contributed by atoms with Gasteiger partial charge in [-0.1, -0.05) is 52.9 Å². The van der Waals surface area contributed by atoms with Gasteiger partial charge in [0.25, 0.3) is 0 Å². The third-order valence-corrected chi connectivity index (χ3v) is 3.50. The molecule has 0 bridgehead atoms. The van der Waals surface area contributed by atoms with Crippen LogP contribution in [0.5, 0.6) is 5.75 Å². The third kappa shape index (κ3) is 9.63. The molecule has 0 aliphatic rings. The van der Waals surface area contributed by atoms with E-state index in [9.17, 15) is 4.79 Å². The van der Waals surface area contributed by atoms with Crippen LogP contribution in [0.15, 0.2) is 24.3 Å². The maximum absolute atomic E-state index is 11.4. The highest BCUT2D eigenvalue weighted by atomic mass is 31.0. The van der Waals surface area contributed by atoms with Crippen LogP contribution < -0.4 is 4.74 Å². The molecule has 1 aromatic carbocycles. The Kier molecular flexibility index (Phi) is 13.5. The van der Waals surface area contributed by atoms with Crippen LogP contribution in [0.4, 0.5) is 0 Å². The van der Waals surface area contributed by atoms with Gasteiger partial charge in [0.1, 0.15) is 5.75 Å². The molecule has 0 aliphatic carbocycles. The van der Waals surface area contributed by atoms with E-state index in [2.05, 4.69) is 16.2 Å². The van der Waals surface area contributed by atoms with Gasteiger partial charge in [0.2, 0.25) is 0 Å². The van der Waals surface area contributed by atoms with E-state index in [1.807, 2.05) is 38.1 Å². The van der Waals surface area contributed by atoms with Gasteiger partial charge in [0, 0.05) is 11.7 Å². The molecule has 0 fully saturated rings. The molecule has 2 nitrogen and oxygen atoms in total. The molecule has 120 valence electrons. The normalized spacial score (nSPS) is 9.71. The van der Waals surface area contributed by atoms with E-state index >= 15 is 0 Å². The highest BCUT2D eigenvalue weighted by molar-refractivity contribution is 7.18. The monoisotopic (exact) mass is 310 g/mol. The third-order valence-electron chi connectivity index (χ3n) is 3.13. The second-order valence-electron chi connectivity index (χ2n) is 4.77. The van der Waals surface area contributed by atoms with Crippen molar-refractivity contribution in [3.05, 3.63) is 29.8 Å². The van der Waals surface area contributed by atoms with Crippen molar-refractivity contribution < 1.29 is 9.53 Å². The van der Waals surface area contributed by atoms with Gasteiger partial charge in [-0.15, -0.1) is 9.24 Å². The highest BCUT2D eigenvalue weighted by Crippen LogP contribution is 2.14.